The predicted molar refractivity (Wildman–Crippen MR) is 103 cm³/mol. The van der Waals surface area contributed by atoms with Crippen LogP contribution in [0.25, 0.3) is 0 Å². The summed E-state index contributed by atoms with van der Waals surface area (Å²) in [5.41, 5.74) is 3.13. The molecule has 2 fully saturated rings. The lowest BCUT2D eigenvalue weighted by molar-refractivity contribution is -0.181. The summed E-state index contributed by atoms with van der Waals surface area (Å²) < 4.78 is 11.5. The Morgan fingerprint density at radius 2 is 1.75 bits per heavy atom. The van der Waals surface area contributed by atoms with Crippen LogP contribution in [0.5, 0.6) is 0 Å². The van der Waals surface area contributed by atoms with Crippen molar-refractivity contribution < 1.29 is 14.3 Å². The van der Waals surface area contributed by atoms with Gasteiger partial charge in [-0.2, -0.15) is 0 Å². The number of hydrogen-bond acceptors (Lipinski definition) is 6. The second-order valence-corrected chi connectivity index (χ2v) is 7.58. The Hall–Kier alpha value is -2.51. The van der Waals surface area contributed by atoms with E-state index in [2.05, 4.69) is 39.1 Å². The van der Waals surface area contributed by atoms with E-state index in [1.54, 1.807) is 12.3 Å². The number of anilines is 1. The Morgan fingerprint density at radius 3 is 2.54 bits per heavy atom. The molecule has 7 nitrogen and oxygen atoms in total. The van der Waals surface area contributed by atoms with Crippen molar-refractivity contribution in [3.8, 4) is 0 Å². The van der Waals surface area contributed by atoms with Gasteiger partial charge in [0.15, 0.2) is 5.79 Å². The van der Waals surface area contributed by atoms with Gasteiger partial charge in [0.2, 0.25) is 5.95 Å². The molecule has 3 aliphatic heterocycles. The minimum Gasteiger partial charge on any atom is -0.347 e. The second-order valence-electron chi connectivity index (χ2n) is 7.58. The summed E-state index contributed by atoms with van der Waals surface area (Å²) in [6.45, 7) is 4.15. The molecule has 3 aliphatic rings. The van der Waals surface area contributed by atoms with Gasteiger partial charge in [-0.15, -0.1) is 0 Å². The molecule has 1 amide bonds. The summed E-state index contributed by atoms with van der Waals surface area (Å²) in [5, 5.41) is 0. The molecule has 28 heavy (non-hydrogen) atoms. The maximum Gasteiger partial charge on any atom is 0.272 e. The summed E-state index contributed by atoms with van der Waals surface area (Å²) in [6, 6.07) is 10.2. The van der Waals surface area contributed by atoms with Crippen LogP contribution in [-0.2, 0) is 22.4 Å². The number of carbonyl (C=O) groups is 1. The Balaban J connectivity index is 1.29. The Labute approximate surface area is 164 Å². The Bertz CT molecular complexity index is 871. The van der Waals surface area contributed by atoms with Crippen molar-refractivity contribution in [2.75, 3.05) is 37.7 Å². The van der Waals surface area contributed by atoms with Crippen molar-refractivity contribution in [3.63, 3.8) is 0 Å². The first kappa shape index (κ1) is 17.6. The molecule has 5 rings (SSSR count). The van der Waals surface area contributed by atoms with E-state index in [0.29, 0.717) is 50.8 Å². The molecule has 7 heteroatoms. The molecule has 146 valence electrons. The van der Waals surface area contributed by atoms with Crippen LogP contribution in [-0.4, -0.2) is 59.4 Å². The highest BCUT2D eigenvalue weighted by atomic mass is 16.7. The smallest absolute Gasteiger partial charge is 0.272 e. The highest BCUT2D eigenvalue weighted by Crippen LogP contribution is 2.31. The zero-order valence-electron chi connectivity index (χ0n) is 15.8. The van der Waals surface area contributed by atoms with Crippen molar-refractivity contribution in [1.29, 1.82) is 0 Å². The minimum absolute atomic E-state index is 0.0473. The fourth-order valence-corrected chi connectivity index (χ4v) is 4.28. The lowest BCUT2D eigenvalue weighted by Gasteiger charge is -2.37. The molecule has 1 aromatic heterocycles. The second kappa shape index (κ2) is 7.14. The van der Waals surface area contributed by atoms with Gasteiger partial charge in [-0.3, -0.25) is 4.79 Å². The van der Waals surface area contributed by atoms with E-state index in [1.165, 1.54) is 11.1 Å². The first-order valence-corrected chi connectivity index (χ1v) is 9.94. The third-order valence-corrected chi connectivity index (χ3v) is 5.90. The van der Waals surface area contributed by atoms with Gasteiger partial charge in [0.1, 0.15) is 5.69 Å². The molecular weight excluding hydrogens is 356 g/mol. The molecule has 0 saturated carbocycles. The van der Waals surface area contributed by atoms with Crippen molar-refractivity contribution in [3.05, 3.63) is 53.3 Å². The summed E-state index contributed by atoms with van der Waals surface area (Å²) >= 11 is 0. The van der Waals surface area contributed by atoms with Crippen molar-refractivity contribution >= 4 is 11.9 Å². The summed E-state index contributed by atoms with van der Waals surface area (Å²) in [6.07, 6.45) is 4.07. The van der Waals surface area contributed by atoms with Gasteiger partial charge in [0.05, 0.1) is 13.2 Å². The number of nitrogens with zero attached hydrogens (tertiary/aromatic N) is 4. The van der Waals surface area contributed by atoms with Crippen LogP contribution in [0.15, 0.2) is 36.5 Å². The molecule has 0 atom stereocenters. The van der Waals surface area contributed by atoms with Crippen molar-refractivity contribution in [2.45, 2.75) is 31.6 Å². The number of carbonyl (C=O) groups excluding carboxylic acids is 1. The van der Waals surface area contributed by atoms with E-state index >= 15 is 0 Å². The number of amides is 1. The largest absolute Gasteiger partial charge is 0.347 e. The highest BCUT2D eigenvalue weighted by molar-refractivity contribution is 5.92. The van der Waals surface area contributed by atoms with Gasteiger partial charge in [-0.25, -0.2) is 9.97 Å². The maximum absolute atomic E-state index is 13.0. The predicted octanol–water partition coefficient (Wildman–Crippen LogP) is 2.02. The zero-order valence-corrected chi connectivity index (χ0v) is 15.8. The SMILES string of the molecule is O=C(c1ccnc(N2CCc3ccccc3C2)n1)N1CCC2(CC1)OCCO2. The number of rotatable bonds is 2. The maximum atomic E-state index is 13.0. The van der Waals surface area contributed by atoms with E-state index in [9.17, 15) is 4.79 Å². The molecule has 0 bridgehead atoms. The van der Waals surface area contributed by atoms with E-state index in [-0.39, 0.29) is 5.91 Å². The van der Waals surface area contributed by atoms with Gasteiger partial charge >= 0.3 is 0 Å². The van der Waals surface area contributed by atoms with Crippen molar-refractivity contribution in [2.24, 2.45) is 0 Å². The standard InChI is InChI=1S/C21H24N4O3/c26-19(24-11-7-21(8-12-24)27-13-14-28-21)18-5-9-22-20(23-18)25-10-6-16-3-1-2-4-17(16)15-25/h1-5,9H,6-8,10-15H2. The third-order valence-electron chi connectivity index (χ3n) is 5.90. The Kier molecular flexibility index (Phi) is 4.49. The number of likely N-dealkylation sites (tertiary alicyclic amines) is 1. The number of ether oxygens (including phenoxy) is 2. The van der Waals surface area contributed by atoms with Gasteiger partial charge in [0.25, 0.3) is 5.91 Å². The van der Waals surface area contributed by atoms with Crippen LogP contribution in [0, 0.1) is 0 Å². The molecule has 1 spiro atoms. The lowest BCUT2D eigenvalue weighted by Crippen LogP contribution is -2.47. The monoisotopic (exact) mass is 380 g/mol. The number of aromatic nitrogens is 2. The van der Waals surface area contributed by atoms with E-state index in [1.807, 2.05) is 4.90 Å². The lowest BCUT2D eigenvalue weighted by atomic mass is 10.0. The van der Waals surface area contributed by atoms with Gasteiger partial charge in [-0.05, 0) is 23.6 Å². The van der Waals surface area contributed by atoms with Crippen LogP contribution in [0.1, 0.15) is 34.5 Å². The Morgan fingerprint density at radius 1 is 1.00 bits per heavy atom. The first-order chi connectivity index (χ1) is 13.7. The third kappa shape index (κ3) is 3.25. The number of fused-ring (bicyclic) bond motifs is 1. The van der Waals surface area contributed by atoms with Crippen LogP contribution >= 0.6 is 0 Å². The molecule has 2 aromatic rings. The molecule has 2 saturated heterocycles. The molecular formula is C21H24N4O3. The normalized spacial score (nSPS) is 21.0. The van der Waals surface area contributed by atoms with Gasteiger partial charge in [0, 0.05) is 45.2 Å². The number of hydrogen-bond donors (Lipinski definition) is 0. The van der Waals surface area contributed by atoms with Crippen LogP contribution in [0.2, 0.25) is 0 Å². The fraction of sp³-hybridized carbons (Fsp3) is 0.476. The highest BCUT2D eigenvalue weighted by Gasteiger charge is 2.41. The molecule has 0 aliphatic carbocycles. The molecule has 0 N–H and O–H groups in total. The molecule has 0 radical (unpaired) electrons. The first-order valence-electron chi connectivity index (χ1n) is 9.94. The number of benzene rings is 1. The van der Waals surface area contributed by atoms with Gasteiger partial charge in [-0.1, -0.05) is 24.3 Å². The topological polar surface area (TPSA) is 67.8 Å². The quantitative estimate of drug-likeness (QED) is 0.794. The molecule has 0 unspecified atom stereocenters. The average molecular weight is 380 g/mol. The van der Waals surface area contributed by atoms with Crippen molar-refractivity contribution in [1.82, 2.24) is 14.9 Å². The average Bonchev–Trinajstić information content (AvgIpc) is 3.21. The zero-order chi connectivity index (χ0) is 19.0. The van der Waals surface area contributed by atoms with E-state index < -0.39 is 5.79 Å². The summed E-state index contributed by atoms with van der Waals surface area (Å²) in [7, 11) is 0. The van der Waals surface area contributed by atoms with Crippen LogP contribution in [0.4, 0.5) is 5.95 Å². The minimum atomic E-state index is -0.477. The van der Waals surface area contributed by atoms with E-state index in [0.717, 1.165) is 19.5 Å². The molecule has 1 aromatic carbocycles. The number of piperidine rings is 1. The van der Waals surface area contributed by atoms with Gasteiger partial charge < -0.3 is 19.3 Å². The molecule has 4 heterocycles. The van der Waals surface area contributed by atoms with E-state index in [4.69, 9.17) is 9.47 Å². The summed E-state index contributed by atoms with van der Waals surface area (Å²) in [5.74, 6) is 0.0969. The summed E-state index contributed by atoms with van der Waals surface area (Å²) in [4.78, 5) is 26.0. The van der Waals surface area contributed by atoms with Crippen LogP contribution in [0.3, 0.4) is 0 Å². The van der Waals surface area contributed by atoms with Crippen LogP contribution < -0.4 is 4.90 Å². The fourth-order valence-electron chi connectivity index (χ4n) is 4.28.